The minimum atomic E-state index is -3.91. The lowest BCUT2D eigenvalue weighted by atomic mass is 10.2. The van der Waals surface area contributed by atoms with E-state index in [2.05, 4.69) is 4.98 Å². The average molecular weight is 387 g/mol. The SMILES string of the molecule is N#C/C(=C/c1nc(-c2ccccc2)cs1)S(=O)(=O)c1ccc(Cl)cc1. The first-order valence-corrected chi connectivity index (χ1v) is 9.88. The molecule has 0 atom stereocenters. The molecule has 3 aromatic rings. The molecule has 1 heterocycles. The highest BCUT2D eigenvalue weighted by atomic mass is 35.5. The molecule has 0 fully saturated rings. The van der Waals surface area contributed by atoms with Gasteiger partial charge in [-0.25, -0.2) is 13.4 Å². The molecule has 25 heavy (non-hydrogen) atoms. The van der Waals surface area contributed by atoms with Crippen LogP contribution in [0.25, 0.3) is 17.3 Å². The van der Waals surface area contributed by atoms with E-state index in [1.807, 2.05) is 35.7 Å². The van der Waals surface area contributed by atoms with E-state index in [0.717, 1.165) is 11.3 Å². The Labute approximate surface area is 154 Å². The Bertz CT molecular complexity index is 1060. The van der Waals surface area contributed by atoms with Crippen molar-refractivity contribution in [3.8, 4) is 17.3 Å². The van der Waals surface area contributed by atoms with Crippen LogP contribution in [0.5, 0.6) is 0 Å². The van der Waals surface area contributed by atoms with Gasteiger partial charge in [-0.15, -0.1) is 11.3 Å². The number of nitrogens with zero attached hydrogens (tertiary/aromatic N) is 2. The number of allylic oxidation sites excluding steroid dienone is 1. The van der Waals surface area contributed by atoms with E-state index in [0.29, 0.717) is 10.0 Å². The van der Waals surface area contributed by atoms with Crippen molar-refractivity contribution in [2.75, 3.05) is 0 Å². The van der Waals surface area contributed by atoms with Gasteiger partial charge >= 0.3 is 0 Å². The summed E-state index contributed by atoms with van der Waals surface area (Å²) in [5.74, 6) is 0. The second-order valence-corrected chi connectivity index (χ2v) is 8.26. The molecule has 0 aliphatic rings. The van der Waals surface area contributed by atoms with Crippen molar-refractivity contribution in [1.82, 2.24) is 4.98 Å². The summed E-state index contributed by atoms with van der Waals surface area (Å²) in [5, 5.41) is 12.0. The predicted octanol–water partition coefficient (Wildman–Crippen LogP) is 4.80. The second-order valence-electron chi connectivity index (χ2n) is 5.01. The van der Waals surface area contributed by atoms with Gasteiger partial charge in [0.2, 0.25) is 9.84 Å². The van der Waals surface area contributed by atoms with Gasteiger partial charge < -0.3 is 0 Å². The largest absolute Gasteiger partial charge is 0.237 e. The molecule has 0 N–H and O–H groups in total. The molecule has 0 aliphatic heterocycles. The third kappa shape index (κ3) is 3.80. The van der Waals surface area contributed by atoms with Crippen LogP contribution in [0.4, 0.5) is 0 Å². The molecular weight excluding hydrogens is 376 g/mol. The molecule has 1 aromatic heterocycles. The molecular formula is C18H11ClN2O2S2. The van der Waals surface area contributed by atoms with E-state index >= 15 is 0 Å². The fraction of sp³-hybridized carbons (Fsp3) is 0. The number of nitriles is 1. The highest BCUT2D eigenvalue weighted by Gasteiger charge is 2.21. The lowest BCUT2D eigenvalue weighted by Gasteiger charge is -2.02. The lowest BCUT2D eigenvalue weighted by Crippen LogP contribution is -2.03. The number of rotatable bonds is 4. The van der Waals surface area contributed by atoms with Gasteiger partial charge in [0, 0.05) is 22.0 Å². The third-order valence-electron chi connectivity index (χ3n) is 3.37. The number of hydrogen-bond donors (Lipinski definition) is 0. The highest BCUT2D eigenvalue weighted by Crippen LogP contribution is 2.26. The minimum Gasteiger partial charge on any atom is -0.237 e. The van der Waals surface area contributed by atoms with Crippen molar-refractivity contribution in [3.63, 3.8) is 0 Å². The van der Waals surface area contributed by atoms with E-state index in [1.165, 1.54) is 41.7 Å². The molecule has 0 saturated heterocycles. The third-order valence-corrected chi connectivity index (χ3v) is 6.09. The Kier molecular flexibility index (Phi) is 5.00. The number of sulfone groups is 1. The Morgan fingerprint density at radius 1 is 1.12 bits per heavy atom. The van der Waals surface area contributed by atoms with Crippen LogP contribution >= 0.6 is 22.9 Å². The van der Waals surface area contributed by atoms with E-state index in [-0.39, 0.29) is 9.80 Å². The number of benzene rings is 2. The summed E-state index contributed by atoms with van der Waals surface area (Å²) < 4.78 is 25.2. The van der Waals surface area contributed by atoms with Gasteiger partial charge in [-0.05, 0) is 24.3 Å². The molecule has 4 nitrogen and oxygen atoms in total. The van der Waals surface area contributed by atoms with Crippen LogP contribution < -0.4 is 0 Å². The van der Waals surface area contributed by atoms with Gasteiger partial charge in [-0.3, -0.25) is 0 Å². The molecule has 124 valence electrons. The quantitative estimate of drug-likeness (QED) is 0.603. The lowest BCUT2D eigenvalue weighted by molar-refractivity contribution is 0.603. The van der Waals surface area contributed by atoms with Crippen molar-refractivity contribution in [2.45, 2.75) is 4.90 Å². The summed E-state index contributed by atoms with van der Waals surface area (Å²) in [4.78, 5) is 4.06. The van der Waals surface area contributed by atoms with E-state index in [1.54, 1.807) is 6.07 Å². The predicted molar refractivity (Wildman–Crippen MR) is 99.8 cm³/mol. The zero-order valence-corrected chi connectivity index (χ0v) is 15.1. The van der Waals surface area contributed by atoms with Crippen LogP contribution in [0, 0.1) is 11.3 Å². The van der Waals surface area contributed by atoms with Gasteiger partial charge in [-0.2, -0.15) is 5.26 Å². The van der Waals surface area contributed by atoms with Crippen molar-refractivity contribution >= 4 is 38.9 Å². The van der Waals surface area contributed by atoms with Crippen LogP contribution in [0.3, 0.4) is 0 Å². The standard InChI is InChI=1S/C18H11ClN2O2S2/c19-14-6-8-15(9-7-14)25(22,23)16(11-20)10-18-21-17(12-24-18)13-4-2-1-3-5-13/h1-10,12H/b16-10-. The Balaban J connectivity index is 1.97. The second kappa shape index (κ2) is 7.19. The Hall–Kier alpha value is -2.46. The highest BCUT2D eigenvalue weighted by molar-refractivity contribution is 7.95. The molecule has 2 aromatic carbocycles. The summed E-state index contributed by atoms with van der Waals surface area (Å²) in [7, 11) is -3.91. The van der Waals surface area contributed by atoms with Gasteiger partial charge in [0.1, 0.15) is 11.1 Å². The van der Waals surface area contributed by atoms with Gasteiger partial charge in [0.15, 0.2) is 4.91 Å². The average Bonchev–Trinajstić information content (AvgIpc) is 3.09. The van der Waals surface area contributed by atoms with E-state index in [4.69, 9.17) is 11.6 Å². The molecule has 0 radical (unpaired) electrons. The molecule has 0 saturated carbocycles. The Morgan fingerprint density at radius 3 is 2.44 bits per heavy atom. The normalized spacial score (nSPS) is 11.9. The van der Waals surface area contributed by atoms with Gasteiger partial charge in [0.05, 0.1) is 10.6 Å². The summed E-state index contributed by atoms with van der Waals surface area (Å²) in [6.45, 7) is 0. The van der Waals surface area contributed by atoms with Crippen molar-refractivity contribution in [2.24, 2.45) is 0 Å². The van der Waals surface area contributed by atoms with Crippen molar-refractivity contribution in [1.29, 1.82) is 5.26 Å². The fourth-order valence-corrected chi connectivity index (χ4v) is 4.21. The van der Waals surface area contributed by atoms with Crippen LogP contribution in [0.15, 0.2) is 69.8 Å². The number of aromatic nitrogens is 1. The molecule has 0 spiro atoms. The topological polar surface area (TPSA) is 70.8 Å². The molecule has 0 unspecified atom stereocenters. The van der Waals surface area contributed by atoms with Crippen LogP contribution in [0.1, 0.15) is 5.01 Å². The smallest absolute Gasteiger partial charge is 0.216 e. The summed E-state index contributed by atoms with van der Waals surface area (Å²) in [5.41, 5.74) is 1.66. The zero-order valence-electron chi connectivity index (χ0n) is 12.8. The zero-order chi connectivity index (χ0) is 17.9. The molecule has 0 bridgehead atoms. The first-order valence-electron chi connectivity index (χ1n) is 7.14. The van der Waals surface area contributed by atoms with Crippen LogP contribution in [-0.4, -0.2) is 13.4 Å². The summed E-state index contributed by atoms with van der Waals surface area (Å²) in [6, 6.07) is 17.0. The number of hydrogen-bond acceptors (Lipinski definition) is 5. The first-order chi connectivity index (χ1) is 12.0. The monoisotopic (exact) mass is 386 g/mol. The summed E-state index contributed by atoms with van der Waals surface area (Å²) >= 11 is 7.06. The van der Waals surface area contributed by atoms with Crippen LogP contribution in [0.2, 0.25) is 5.02 Å². The van der Waals surface area contributed by atoms with Crippen LogP contribution in [-0.2, 0) is 9.84 Å². The van der Waals surface area contributed by atoms with Gasteiger partial charge in [-0.1, -0.05) is 41.9 Å². The van der Waals surface area contributed by atoms with Crippen molar-refractivity contribution < 1.29 is 8.42 Å². The first kappa shape index (κ1) is 17.4. The maximum Gasteiger partial charge on any atom is 0.216 e. The van der Waals surface area contributed by atoms with Crippen molar-refractivity contribution in [3.05, 3.63) is 74.9 Å². The molecule has 0 aliphatic carbocycles. The molecule has 0 amide bonds. The molecule has 7 heteroatoms. The number of halogens is 1. The maximum atomic E-state index is 12.6. The minimum absolute atomic E-state index is 0.0181. The Morgan fingerprint density at radius 2 is 1.80 bits per heavy atom. The van der Waals surface area contributed by atoms with E-state index < -0.39 is 9.84 Å². The number of thiazole rings is 1. The van der Waals surface area contributed by atoms with E-state index in [9.17, 15) is 13.7 Å². The molecule has 3 rings (SSSR count). The maximum absolute atomic E-state index is 12.6. The fourth-order valence-electron chi connectivity index (χ4n) is 2.12. The van der Waals surface area contributed by atoms with Gasteiger partial charge in [0.25, 0.3) is 0 Å². The summed E-state index contributed by atoms with van der Waals surface area (Å²) in [6.07, 6.45) is 1.29.